The van der Waals surface area contributed by atoms with Crippen LogP contribution in [-0.2, 0) is 28.8 Å². The fraction of sp³-hybridized carbons (Fsp3) is 0.600. The zero-order valence-electron chi connectivity index (χ0n) is 15.5. The van der Waals surface area contributed by atoms with E-state index in [0.29, 0.717) is 0 Å². The van der Waals surface area contributed by atoms with Crippen molar-refractivity contribution in [2.24, 2.45) is 5.73 Å². The van der Waals surface area contributed by atoms with Crippen molar-refractivity contribution in [2.75, 3.05) is 5.75 Å². The molecule has 0 spiro atoms. The standard InChI is InChI=1S/C15H24N4O9S/c1-6(17-13(25)7(16)4-11(22)23)12(24)19-9(5-29)14(26)18-8(15(27)28)2-3-10(20)21/h6-9,29H,2-5,16H2,1H3,(H,17,25)(H,18,26)(H,19,24)(H,20,21)(H,22,23)(H,27,28). The molecule has 0 fully saturated rings. The molecule has 0 aliphatic heterocycles. The van der Waals surface area contributed by atoms with Crippen LogP contribution in [0.5, 0.6) is 0 Å². The van der Waals surface area contributed by atoms with Crippen LogP contribution in [0.3, 0.4) is 0 Å². The van der Waals surface area contributed by atoms with Crippen molar-refractivity contribution in [3.05, 3.63) is 0 Å². The maximum Gasteiger partial charge on any atom is 0.326 e. The molecule has 0 heterocycles. The Bertz CT molecular complexity index is 658. The van der Waals surface area contributed by atoms with Crippen LogP contribution >= 0.6 is 12.6 Å². The Hall–Kier alpha value is -2.87. The lowest BCUT2D eigenvalue weighted by Gasteiger charge is -2.22. The molecule has 14 heteroatoms. The number of carboxylic acids is 3. The lowest BCUT2D eigenvalue weighted by Crippen LogP contribution is -2.57. The smallest absolute Gasteiger partial charge is 0.326 e. The third-order valence-corrected chi connectivity index (χ3v) is 3.93. The van der Waals surface area contributed by atoms with Gasteiger partial charge in [0.15, 0.2) is 0 Å². The molecule has 4 unspecified atom stereocenters. The summed E-state index contributed by atoms with van der Waals surface area (Å²) in [5.41, 5.74) is 5.38. The highest BCUT2D eigenvalue weighted by Gasteiger charge is 2.28. The van der Waals surface area contributed by atoms with E-state index < -0.39 is 72.6 Å². The number of aliphatic carboxylic acids is 3. The topological polar surface area (TPSA) is 225 Å². The fourth-order valence-corrected chi connectivity index (χ4v) is 2.21. The van der Waals surface area contributed by atoms with E-state index in [1.165, 1.54) is 6.92 Å². The van der Waals surface area contributed by atoms with Gasteiger partial charge in [0.2, 0.25) is 17.7 Å². The van der Waals surface area contributed by atoms with Crippen molar-refractivity contribution >= 4 is 48.3 Å². The second kappa shape index (κ2) is 12.6. The van der Waals surface area contributed by atoms with Gasteiger partial charge in [-0.2, -0.15) is 12.6 Å². The van der Waals surface area contributed by atoms with Crippen LogP contribution in [0.1, 0.15) is 26.2 Å². The molecule has 0 saturated heterocycles. The Morgan fingerprint density at radius 2 is 1.41 bits per heavy atom. The summed E-state index contributed by atoms with van der Waals surface area (Å²) in [5.74, 6) is -6.83. The van der Waals surface area contributed by atoms with Gasteiger partial charge in [0.05, 0.1) is 12.5 Å². The van der Waals surface area contributed by atoms with Crippen LogP contribution < -0.4 is 21.7 Å². The zero-order chi connectivity index (χ0) is 22.7. The molecule has 0 rings (SSSR count). The number of carbonyl (C=O) groups is 6. The molecule has 3 amide bonds. The van der Waals surface area contributed by atoms with Gasteiger partial charge in [-0.25, -0.2) is 4.79 Å². The molecule has 0 saturated carbocycles. The van der Waals surface area contributed by atoms with Gasteiger partial charge in [0.25, 0.3) is 0 Å². The van der Waals surface area contributed by atoms with Crippen LogP contribution in [-0.4, -0.2) is 80.9 Å². The minimum Gasteiger partial charge on any atom is -0.481 e. The Balaban J connectivity index is 4.84. The minimum absolute atomic E-state index is 0.220. The molecule has 0 aliphatic carbocycles. The maximum absolute atomic E-state index is 12.2. The molecular weight excluding hydrogens is 412 g/mol. The monoisotopic (exact) mass is 436 g/mol. The second-order valence-corrected chi connectivity index (χ2v) is 6.38. The Kier molecular flexibility index (Phi) is 11.3. The van der Waals surface area contributed by atoms with Gasteiger partial charge in [0.1, 0.15) is 18.1 Å². The number of carbonyl (C=O) groups excluding carboxylic acids is 3. The van der Waals surface area contributed by atoms with E-state index >= 15 is 0 Å². The van der Waals surface area contributed by atoms with E-state index in [2.05, 4.69) is 28.6 Å². The van der Waals surface area contributed by atoms with Crippen molar-refractivity contribution in [3.63, 3.8) is 0 Å². The highest BCUT2D eigenvalue weighted by molar-refractivity contribution is 7.80. The number of rotatable bonds is 13. The van der Waals surface area contributed by atoms with Gasteiger partial charge < -0.3 is 37.0 Å². The lowest BCUT2D eigenvalue weighted by molar-refractivity contribution is -0.143. The second-order valence-electron chi connectivity index (χ2n) is 6.01. The first kappa shape index (κ1) is 26.1. The van der Waals surface area contributed by atoms with Gasteiger partial charge in [-0.3, -0.25) is 24.0 Å². The Morgan fingerprint density at radius 3 is 1.86 bits per heavy atom. The molecule has 0 bridgehead atoms. The summed E-state index contributed by atoms with van der Waals surface area (Å²) in [6.07, 6.45) is -1.50. The van der Waals surface area contributed by atoms with Gasteiger partial charge in [-0.05, 0) is 13.3 Å². The molecular formula is C15H24N4O9S. The SMILES string of the molecule is CC(NC(=O)C(N)CC(=O)O)C(=O)NC(CS)C(=O)NC(CCC(=O)O)C(=O)O. The largest absolute Gasteiger partial charge is 0.481 e. The number of nitrogens with two attached hydrogens (primary N) is 1. The first-order valence-electron chi connectivity index (χ1n) is 8.33. The summed E-state index contributed by atoms with van der Waals surface area (Å²) in [5, 5.41) is 32.8. The number of hydrogen-bond acceptors (Lipinski definition) is 8. The van der Waals surface area contributed by atoms with Crippen LogP contribution in [0.2, 0.25) is 0 Å². The van der Waals surface area contributed by atoms with Crippen LogP contribution in [0.4, 0.5) is 0 Å². The van der Waals surface area contributed by atoms with Gasteiger partial charge in [-0.1, -0.05) is 0 Å². The highest BCUT2D eigenvalue weighted by Crippen LogP contribution is 2.01. The Morgan fingerprint density at radius 1 is 0.862 bits per heavy atom. The van der Waals surface area contributed by atoms with Crippen LogP contribution in [0.25, 0.3) is 0 Å². The number of carboxylic acid groups (broad SMARTS) is 3. The summed E-state index contributed by atoms with van der Waals surface area (Å²) < 4.78 is 0. The lowest BCUT2D eigenvalue weighted by atomic mass is 10.1. The summed E-state index contributed by atoms with van der Waals surface area (Å²) >= 11 is 3.91. The number of thiol groups is 1. The number of nitrogens with one attached hydrogen (secondary N) is 3. The van der Waals surface area contributed by atoms with Crippen molar-refractivity contribution in [1.29, 1.82) is 0 Å². The van der Waals surface area contributed by atoms with Crippen molar-refractivity contribution in [1.82, 2.24) is 16.0 Å². The van der Waals surface area contributed by atoms with E-state index in [9.17, 15) is 28.8 Å². The molecule has 0 radical (unpaired) electrons. The summed E-state index contributed by atoms with van der Waals surface area (Å²) in [7, 11) is 0. The zero-order valence-corrected chi connectivity index (χ0v) is 16.3. The van der Waals surface area contributed by atoms with Crippen LogP contribution in [0.15, 0.2) is 0 Å². The first-order chi connectivity index (χ1) is 13.4. The normalized spacial score (nSPS) is 14.6. The van der Waals surface area contributed by atoms with Gasteiger partial charge in [0, 0.05) is 12.2 Å². The predicted molar refractivity (Wildman–Crippen MR) is 100 cm³/mol. The number of amides is 3. The third kappa shape index (κ3) is 10.3. The molecule has 164 valence electrons. The van der Waals surface area contributed by atoms with E-state index in [1.807, 2.05) is 0 Å². The number of hydrogen-bond donors (Lipinski definition) is 8. The molecule has 0 aromatic rings. The molecule has 13 nitrogen and oxygen atoms in total. The average Bonchev–Trinajstić information content (AvgIpc) is 2.61. The van der Waals surface area contributed by atoms with Crippen molar-refractivity contribution < 1.29 is 44.1 Å². The average molecular weight is 436 g/mol. The summed E-state index contributed by atoms with van der Waals surface area (Å²) in [6, 6.07) is -5.31. The first-order valence-corrected chi connectivity index (χ1v) is 8.96. The van der Waals surface area contributed by atoms with E-state index in [-0.39, 0.29) is 12.2 Å². The minimum atomic E-state index is -1.48. The van der Waals surface area contributed by atoms with Crippen molar-refractivity contribution in [3.8, 4) is 0 Å². The molecule has 0 aromatic heterocycles. The quantitative estimate of drug-likeness (QED) is 0.138. The highest BCUT2D eigenvalue weighted by atomic mass is 32.1. The van der Waals surface area contributed by atoms with Crippen molar-refractivity contribution in [2.45, 2.75) is 50.4 Å². The predicted octanol–water partition coefficient (Wildman–Crippen LogP) is -2.86. The fourth-order valence-electron chi connectivity index (χ4n) is 1.96. The van der Waals surface area contributed by atoms with Gasteiger partial charge in [-0.15, -0.1) is 0 Å². The summed E-state index contributed by atoms with van der Waals surface area (Å²) in [6.45, 7) is 1.26. The maximum atomic E-state index is 12.2. The molecule has 0 aliphatic rings. The molecule has 8 N–H and O–H groups in total. The van der Waals surface area contributed by atoms with E-state index in [1.54, 1.807) is 0 Å². The van der Waals surface area contributed by atoms with Gasteiger partial charge >= 0.3 is 17.9 Å². The molecule has 0 aromatic carbocycles. The molecule has 4 atom stereocenters. The van der Waals surface area contributed by atoms with Crippen LogP contribution in [0, 0.1) is 0 Å². The third-order valence-electron chi connectivity index (χ3n) is 3.56. The molecule has 29 heavy (non-hydrogen) atoms. The van der Waals surface area contributed by atoms with E-state index in [4.69, 9.17) is 21.1 Å². The summed E-state index contributed by atoms with van der Waals surface area (Å²) in [4.78, 5) is 68.3. The Labute approximate surface area is 170 Å². The van der Waals surface area contributed by atoms with E-state index in [0.717, 1.165) is 0 Å².